The second-order valence-corrected chi connectivity index (χ2v) is 4.72. The summed E-state index contributed by atoms with van der Waals surface area (Å²) in [4.78, 5) is 5.26. The van der Waals surface area contributed by atoms with E-state index < -0.39 is 0 Å². The molecule has 78 valence electrons. The molecule has 0 bridgehead atoms. The van der Waals surface area contributed by atoms with Crippen molar-refractivity contribution in [3.63, 3.8) is 0 Å². The van der Waals surface area contributed by atoms with Crippen molar-refractivity contribution in [1.82, 2.24) is 4.98 Å². The van der Waals surface area contributed by atoms with Gasteiger partial charge in [-0.3, -0.25) is 4.98 Å². The molecule has 1 aromatic heterocycles. The lowest BCUT2D eigenvalue weighted by atomic mass is 9.92. The third-order valence-corrected chi connectivity index (χ3v) is 3.65. The molecule has 1 aromatic rings. The van der Waals surface area contributed by atoms with Gasteiger partial charge in [0.2, 0.25) is 0 Å². The summed E-state index contributed by atoms with van der Waals surface area (Å²) >= 11 is 1.65. The van der Waals surface area contributed by atoms with Crippen LogP contribution in [0.4, 0.5) is 0 Å². The number of aromatic nitrogens is 1. The highest BCUT2D eigenvalue weighted by Gasteiger charge is 2.18. The fraction of sp³-hybridized carbons (Fsp3) is 0.700. The summed E-state index contributed by atoms with van der Waals surface area (Å²) in [5.41, 5.74) is 7.95. The zero-order chi connectivity index (χ0) is 9.80. The molecular weight excluding hydrogens is 196 g/mol. The largest absolute Gasteiger partial charge is 0.381 e. The Bertz CT molecular complexity index is 257. The molecule has 1 aliphatic heterocycles. The quantitative estimate of drug-likeness (QED) is 0.833. The summed E-state index contributed by atoms with van der Waals surface area (Å²) in [6.07, 6.45) is 5.28. The maximum absolute atomic E-state index is 6.10. The molecule has 0 aliphatic carbocycles. The highest BCUT2D eigenvalue weighted by molar-refractivity contribution is 7.09. The second-order valence-electron chi connectivity index (χ2n) is 3.80. The summed E-state index contributed by atoms with van der Waals surface area (Å²) < 4.78 is 5.32. The molecule has 2 heterocycles. The first kappa shape index (κ1) is 10.1. The van der Waals surface area contributed by atoms with Gasteiger partial charge in [-0.1, -0.05) is 0 Å². The average Bonchev–Trinajstić information content (AvgIpc) is 2.72. The van der Waals surface area contributed by atoms with Crippen molar-refractivity contribution in [2.24, 2.45) is 11.7 Å². The SMILES string of the molecule is NC(CC1CCOCC1)c1cncs1. The summed E-state index contributed by atoms with van der Waals surface area (Å²) in [6.45, 7) is 1.81. The Hall–Kier alpha value is -0.450. The van der Waals surface area contributed by atoms with E-state index in [0.717, 1.165) is 38.4 Å². The molecule has 2 N–H and O–H groups in total. The van der Waals surface area contributed by atoms with Crippen molar-refractivity contribution in [2.75, 3.05) is 13.2 Å². The van der Waals surface area contributed by atoms with Crippen molar-refractivity contribution < 1.29 is 4.74 Å². The smallest absolute Gasteiger partial charge is 0.0794 e. The Labute approximate surface area is 88.3 Å². The van der Waals surface area contributed by atoms with Gasteiger partial charge in [0.15, 0.2) is 0 Å². The van der Waals surface area contributed by atoms with Crippen LogP contribution in [0.3, 0.4) is 0 Å². The van der Waals surface area contributed by atoms with Gasteiger partial charge in [0.1, 0.15) is 0 Å². The first-order chi connectivity index (χ1) is 6.86. The van der Waals surface area contributed by atoms with Crippen LogP contribution in [0.5, 0.6) is 0 Å². The Balaban J connectivity index is 1.84. The van der Waals surface area contributed by atoms with Crippen LogP contribution in [-0.4, -0.2) is 18.2 Å². The highest BCUT2D eigenvalue weighted by atomic mass is 32.1. The van der Waals surface area contributed by atoms with Crippen LogP contribution >= 0.6 is 11.3 Å². The minimum atomic E-state index is 0.172. The molecule has 1 atom stereocenters. The summed E-state index contributed by atoms with van der Waals surface area (Å²) in [5.74, 6) is 0.737. The maximum Gasteiger partial charge on any atom is 0.0794 e. The van der Waals surface area contributed by atoms with Crippen LogP contribution in [0.1, 0.15) is 30.2 Å². The Kier molecular flexibility index (Phi) is 3.50. The molecule has 1 fully saturated rings. The number of nitrogens with two attached hydrogens (primary N) is 1. The molecule has 14 heavy (non-hydrogen) atoms. The Morgan fingerprint density at radius 2 is 2.36 bits per heavy atom. The van der Waals surface area contributed by atoms with Gasteiger partial charge in [-0.15, -0.1) is 11.3 Å². The van der Waals surface area contributed by atoms with E-state index in [2.05, 4.69) is 4.98 Å². The molecule has 0 saturated carbocycles. The van der Waals surface area contributed by atoms with Gasteiger partial charge in [0.25, 0.3) is 0 Å². The van der Waals surface area contributed by atoms with Gasteiger partial charge in [0.05, 0.1) is 5.51 Å². The predicted molar refractivity (Wildman–Crippen MR) is 57.2 cm³/mol. The molecular formula is C10H16N2OS. The lowest BCUT2D eigenvalue weighted by molar-refractivity contribution is 0.0619. The molecule has 0 amide bonds. The fourth-order valence-corrected chi connectivity index (χ4v) is 2.50. The van der Waals surface area contributed by atoms with E-state index in [4.69, 9.17) is 10.5 Å². The normalized spacial score (nSPS) is 20.9. The topological polar surface area (TPSA) is 48.1 Å². The van der Waals surface area contributed by atoms with Crippen LogP contribution in [0.15, 0.2) is 11.7 Å². The van der Waals surface area contributed by atoms with Gasteiger partial charge in [-0.25, -0.2) is 0 Å². The van der Waals surface area contributed by atoms with E-state index >= 15 is 0 Å². The van der Waals surface area contributed by atoms with Gasteiger partial charge in [-0.05, 0) is 25.2 Å². The van der Waals surface area contributed by atoms with E-state index in [-0.39, 0.29) is 6.04 Å². The molecule has 1 saturated heterocycles. The minimum absolute atomic E-state index is 0.172. The number of rotatable bonds is 3. The highest BCUT2D eigenvalue weighted by Crippen LogP contribution is 2.27. The van der Waals surface area contributed by atoms with Crippen molar-refractivity contribution in [3.05, 3.63) is 16.6 Å². The number of hydrogen-bond acceptors (Lipinski definition) is 4. The standard InChI is InChI=1S/C10H16N2OS/c11-9(10-6-12-7-14-10)5-8-1-3-13-4-2-8/h6-9H,1-5,11H2. The first-order valence-corrected chi connectivity index (χ1v) is 5.96. The Morgan fingerprint density at radius 1 is 1.57 bits per heavy atom. The number of thiazole rings is 1. The van der Waals surface area contributed by atoms with E-state index in [1.54, 1.807) is 11.3 Å². The van der Waals surface area contributed by atoms with Gasteiger partial charge in [0, 0.05) is 30.3 Å². The van der Waals surface area contributed by atoms with E-state index in [1.807, 2.05) is 11.7 Å². The summed E-state index contributed by atoms with van der Waals surface area (Å²) in [5, 5.41) is 0. The van der Waals surface area contributed by atoms with Crippen LogP contribution in [-0.2, 0) is 4.74 Å². The molecule has 4 heteroatoms. The maximum atomic E-state index is 6.10. The lowest BCUT2D eigenvalue weighted by Crippen LogP contribution is -2.21. The van der Waals surface area contributed by atoms with Crippen molar-refractivity contribution in [2.45, 2.75) is 25.3 Å². The number of hydrogen-bond donors (Lipinski definition) is 1. The van der Waals surface area contributed by atoms with Crippen LogP contribution in [0.2, 0.25) is 0 Å². The molecule has 0 aromatic carbocycles. The number of nitrogens with zero attached hydrogens (tertiary/aromatic N) is 1. The molecule has 2 rings (SSSR count). The van der Waals surface area contributed by atoms with Crippen molar-refractivity contribution in [3.8, 4) is 0 Å². The van der Waals surface area contributed by atoms with Gasteiger partial charge in [-0.2, -0.15) is 0 Å². The molecule has 0 spiro atoms. The zero-order valence-electron chi connectivity index (χ0n) is 8.19. The fourth-order valence-electron chi connectivity index (χ4n) is 1.87. The second kappa shape index (κ2) is 4.87. The predicted octanol–water partition coefficient (Wildman–Crippen LogP) is 1.96. The third kappa shape index (κ3) is 2.53. The van der Waals surface area contributed by atoms with Crippen molar-refractivity contribution >= 4 is 11.3 Å². The molecule has 3 nitrogen and oxygen atoms in total. The number of ether oxygens (including phenoxy) is 1. The van der Waals surface area contributed by atoms with E-state index in [1.165, 1.54) is 4.88 Å². The van der Waals surface area contributed by atoms with E-state index in [0.29, 0.717) is 0 Å². The zero-order valence-corrected chi connectivity index (χ0v) is 9.00. The molecule has 0 radical (unpaired) electrons. The monoisotopic (exact) mass is 212 g/mol. The van der Waals surface area contributed by atoms with Gasteiger partial charge < -0.3 is 10.5 Å². The first-order valence-electron chi connectivity index (χ1n) is 5.08. The van der Waals surface area contributed by atoms with Gasteiger partial charge >= 0.3 is 0 Å². The Morgan fingerprint density at radius 3 is 3.00 bits per heavy atom. The molecule has 1 aliphatic rings. The minimum Gasteiger partial charge on any atom is -0.381 e. The lowest BCUT2D eigenvalue weighted by Gasteiger charge is -2.24. The summed E-state index contributed by atoms with van der Waals surface area (Å²) in [7, 11) is 0. The van der Waals surface area contributed by atoms with Crippen LogP contribution in [0.25, 0.3) is 0 Å². The van der Waals surface area contributed by atoms with Crippen molar-refractivity contribution in [1.29, 1.82) is 0 Å². The van der Waals surface area contributed by atoms with E-state index in [9.17, 15) is 0 Å². The summed E-state index contributed by atoms with van der Waals surface area (Å²) in [6, 6.07) is 0.172. The van der Waals surface area contributed by atoms with Crippen LogP contribution < -0.4 is 5.73 Å². The average molecular weight is 212 g/mol. The molecule has 1 unspecified atom stereocenters. The third-order valence-electron chi connectivity index (χ3n) is 2.75. The van der Waals surface area contributed by atoms with Crippen LogP contribution in [0, 0.1) is 5.92 Å².